The Bertz CT molecular complexity index is 497. The van der Waals surface area contributed by atoms with Crippen LogP contribution < -0.4 is 5.73 Å². The third kappa shape index (κ3) is 3.14. The minimum atomic E-state index is 0.0329. The predicted octanol–water partition coefficient (Wildman–Crippen LogP) is 3.40. The minimum Gasteiger partial charge on any atom is -0.324 e. The van der Waals surface area contributed by atoms with Crippen molar-refractivity contribution in [3.05, 3.63) is 63.9 Å². The third-order valence-electron chi connectivity index (χ3n) is 2.84. The van der Waals surface area contributed by atoms with E-state index in [-0.39, 0.29) is 6.04 Å². The largest absolute Gasteiger partial charge is 0.324 e. The molecule has 1 atom stereocenters. The van der Waals surface area contributed by atoms with Gasteiger partial charge in [0.1, 0.15) is 0 Å². The summed E-state index contributed by atoms with van der Waals surface area (Å²) in [6.45, 7) is 2.09. The SMILES string of the molecule is Cc1cc(Br)ccc1C(N)Cc1ccncc1. The number of benzene rings is 1. The molecule has 17 heavy (non-hydrogen) atoms. The molecule has 1 aromatic heterocycles. The van der Waals surface area contributed by atoms with Crippen molar-refractivity contribution < 1.29 is 0 Å². The highest BCUT2D eigenvalue weighted by molar-refractivity contribution is 9.10. The van der Waals surface area contributed by atoms with E-state index in [2.05, 4.69) is 40.0 Å². The molecule has 2 nitrogen and oxygen atoms in total. The number of hydrogen-bond donors (Lipinski definition) is 1. The summed E-state index contributed by atoms with van der Waals surface area (Å²) in [7, 11) is 0. The van der Waals surface area contributed by atoms with E-state index in [0.29, 0.717) is 0 Å². The molecular weight excluding hydrogens is 276 g/mol. The van der Waals surface area contributed by atoms with Crippen LogP contribution in [0.2, 0.25) is 0 Å². The van der Waals surface area contributed by atoms with E-state index in [0.717, 1.165) is 10.9 Å². The first kappa shape index (κ1) is 12.3. The van der Waals surface area contributed by atoms with Crippen molar-refractivity contribution in [2.45, 2.75) is 19.4 Å². The minimum absolute atomic E-state index is 0.0329. The molecule has 3 heteroatoms. The standard InChI is InChI=1S/C14H15BrN2/c1-10-8-12(15)2-3-13(10)14(16)9-11-4-6-17-7-5-11/h2-8,14H,9,16H2,1H3. The molecule has 2 N–H and O–H groups in total. The Balaban J connectivity index is 2.17. The van der Waals surface area contributed by atoms with Crippen LogP contribution in [0, 0.1) is 6.92 Å². The van der Waals surface area contributed by atoms with Gasteiger partial charge in [0.2, 0.25) is 0 Å². The van der Waals surface area contributed by atoms with Crippen LogP contribution in [0.3, 0.4) is 0 Å². The zero-order valence-corrected chi connectivity index (χ0v) is 11.3. The van der Waals surface area contributed by atoms with Crippen molar-refractivity contribution >= 4 is 15.9 Å². The molecule has 1 unspecified atom stereocenters. The number of aryl methyl sites for hydroxylation is 1. The zero-order valence-electron chi connectivity index (χ0n) is 9.73. The highest BCUT2D eigenvalue weighted by atomic mass is 79.9. The lowest BCUT2D eigenvalue weighted by Gasteiger charge is -2.15. The summed E-state index contributed by atoms with van der Waals surface area (Å²) in [5.74, 6) is 0. The number of hydrogen-bond acceptors (Lipinski definition) is 2. The first-order valence-corrected chi connectivity index (χ1v) is 6.36. The van der Waals surface area contributed by atoms with E-state index in [1.54, 1.807) is 12.4 Å². The summed E-state index contributed by atoms with van der Waals surface area (Å²) in [6.07, 6.45) is 4.44. The van der Waals surface area contributed by atoms with E-state index in [1.807, 2.05) is 18.2 Å². The fraction of sp³-hybridized carbons (Fsp3) is 0.214. The maximum atomic E-state index is 6.24. The Morgan fingerprint density at radius 1 is 1.24 bits per heavy atom. The van der Waals surface area contributed by atoms with Gasteiger partial charge in [-0.1, -0.05) is 22.0 Å². The number of halogens is 1. The fourth-order valence-corrected chi connectivity index (χ4v) is 2.41. The Kier molecular flexibility index (Phi) is 3.92. The lowest BCUT2D eigenvalue weighted by Crippen LogP contribution is -2.14. The van der Waals surface area contributed by atoms with E-state index in [1.165, 1.54) is 16.7 Å². The Morgan fingerprint density at radius 2 is 1.94 bits per heavy atom. The van der Waals surface area contributed by atoms with Crippen LogP contribution in [0.5, 0.6) is 0 Å². The van der Waals surface area contributed by atoms with Gasteiger partial charge in [-0.15, -0.1) is 0 Å². The van der Waals surface area contributed by atoms with Gasteiger partial charge in [0.05, 0.1) is 0 Å². The Morgan fingerprint density at radius 3 is 2.59 bits per heavy atom. The number of nitrogens with zero attached hydrogens (tertiary/aromatic N) is 1. The van der Waals surface area contributed by atoms with Crippen LogP contribution in [-0.2, 0) is 6.42 Å². The lowest BCUT2D eigenvalue weighted by atomic mass is 9.97. The highest BCUT2D eigenvalue weighted by Crippen LogP contribution is 2.22. The van der Waals surface area contributed by atoms with E-state index in [4.69, 9.17) is 5.73 Å². The molecule has 0 aliphatic heterocycles. The molecule has 0 saturated heterocycles. The first-order chi connectivity index (χ1) is 8.16. The number of pyridine rings is 1. The molecule has 0 fully saturated rings. The molecule has 1 aromatic carbocycles. The van der Waals surface area contributed by atoms with Crippen molar-refractivity contribution in [3.63, 3.8) is 0 Å². The van der Waals surface area contributed by atoms with E-state index >= 15 is 0 Å². The quantitative estimate of drug-likeness (QED) is 0.941. The smallest absolute Gasteiger partial charge is 0.0338 e. The van der Waals surface area contributed by atoms with Gasteiger partial charge in [-0.2, -0.15) is 0 Å². The normalized spacial score (nSPS) is 12.4. The highest BCUT2D eigenvalue weighted by Gasteiger charge is 2.09. The summed E-state index contributed by atoms with van der Waals surface area (Å²) in [6, 6.07) is 10.3. The van der Waals surface area contributed by atoms with Crippen LogP contribution in [0.1, 0.15) is 22.7 Å². The second-order valence-corrected chi connectivity index (χ2v) is 5.08. The number of nitrogens with two attached hydrogens (primary N) is 1. The van der Waals surface area contributed by atoms with Gasteiger partial charge in [-0.3, -0.25) is 4.98 Å². The summed E-state index contributed by atoms with van der Waals surface area (Å²) in [5.41, 5.74) is 9.88. The van der Waals surface area contributed by atoms with Gasteiger partial charge < -0.3 is 5.73 Å². The number of aromatic nitrogens is 1. The van der Waals surface area contributed by atoms with Gasteiger partial charge in [0.15, 0.2) is 0 Å². The molecular formula is C14H15BrN2. The summed E-state index contributed by atoms with van der Waals surface area (Å²) in [4.78, 5) is 4.01. The van der Waals surface area contributed by atoms with Crippen molar-refractivity contribution in [2.24, 2.45) is 5.73 Å². The third-order valence-corrected chi connectivity index (χ3v) is 3.33. The Hall–Kier alpha value is -1.19. The lowest BCUT2D eigenvalue weighted by molar-refractivity contribution is 0.715. The summed E-state index contributed by atoms with van der Waals surface area (Å²) in [5, 5.41) is 0. The van der Waals surface area contributed by atoms with Crippen LogP contribution in [0.4, 0.5) is 0 Å². The monoisotopic (exact) mass is 290 g/mol. The molecule has 0 amide bonds. The number of rotatable bonds is 3. The molecule has 1 heterocycles. The molecule has 0 radical (unpaired) electrons. The van der Waals surface area contributed by atoms with Gasteiger partial charge in [-0.05, 0) is 54.3 Å². The van der Waals surface area contributed by atoms with E-state index in [9.17, 15) is 0 Å². The van der Waals surface area contributed by atoms with Gasteiger partial charge in [0.25, 0.3) is 0 Å². The van der Waals surface area contributed by atoms with Gasteiger partial charge >= 0.3 is 0 Å². The van der Waals surface area contributed by atoms with Crippen molar-refractivity contribution in [1.29, 1.82) is 0 Å². The fourth-order valence-electron chi connectivity index (χ4n) is 1.94. The van der Waals surface area contributed by atoms with Gasteiger partial charge in [0, 0.05) is 22.9 Å². The molecule has 0 bridgehead atoms. The van der Waals surface area contributed by atoms with Crippen LogP contribution in [-0.4, -0.2) is 4.98 Å². The predicted molar refractivity (Wildman–Crippen MR) is 73.7 cm³/mol. The van der Waals surface area contributed by atoms with Crippen molar-refractivity contribution in [2.75, 3.05) is 0 Å². The zero-order chi connectivity index (χ0) is 12.3. The van der Waals surface area contributed by atoms with Gasteiger partial charge in [-0.25, -0.2) is 0 Å². The maximum absolute atomic E-state index is 6.24. The maximum Gasteiger partial charge on any atom is 0.0338 e. The van der Waals surface area contributed by atoms with Crippen LogP contribution in [0.25, 0.3) is 0 Å². The molecule has 0 spiro atoms. The molecule has 2 rings (SSSR count). The second kappa shape index (κ2) is 5.43. The first-order valence-electron chi connectivity index (χ1n) is 5.57. The van der Waals surface area contributed by atoms with E-state index < -0.39 is 0 Å². The van der Waals surface area contributed by atoms with Crippen LogP contribution in [0.15, 0.2) is 47.2 Å². The average Bonchev–Trinajstić information content (AvgIpc) is 2.30. The Labute approximate surface area is 110 Å². The summed E-state index contributed by atoms with van der Waals surface area (Å²) < 4.78 is 1.09. The molecule has 2 aromatic rings. The topological polar surface area (TPSA) is 38.9 Å². The molecule has 0 aliphatic rings. The molecule has 0 aliphatic carbocycles. The van der Waals surface area contributed by atoms with Crippen molar-refractivity contribution in [1.82, 2.24) is 4.98 Å². The van der Waals surface area contributed by atoms with Crippen molar-refractivity contribution in [3.8, 4) is 0 Å². The molecule has 88 valence electrons. The average molecular weight is 291 g/mol. The van der Waals surface area contributed by atoms with Crippen LogP contribution >= 0.6 is 15.9 Å². The second-order valence-electron chi connectivity index (χ2n) is 4.17. The molecule has 0 saturated carbocycles. The summed E-state index contributed by atoms with van der Waals surface area (Å²) >= 11 is 3.46.